The van der Waals surface area contributed by atoms with Gasteiger partial charge in [-0.2, -0.15) is 0 Å². The number of rotatable bonds is 2. The van der Waals surface area contributed by atoms with Gasteiger partial charge in [-0.05, 0) is 42.5 Å². The topological polar surface area (TPSA) is 46.5 Å². The second kappa shape index (κ2) is 4.45. The van der Waals surface area contributed by atoms with E-state index in [2.05, 4.69) is 22.0 Å². The van der Waals surface area contributed by atoms with Crippen molar-refractivity contribution in [1.82, 2.24) is 0 Å². The molecule has 1 atom stereocenters. The summed E-state index contributed by atoms with van der Waals surface area (Å²) in [5.41, 5.74) is 2.24. The average Bonchev–Trinajstić information content (AvgIpc) is 2.27. The largest absolute Gasteiger partial charge is 0.496 e. The highest BCUT2D eigenvalue weighted by Crippen LogP contribution is 2.35. The number of hydrogen-bond donors (Lipinski definition) is 1. The van der Waals surface area contributed by atoms with Crippen LogP contribution in [0.1, 0.15) is 17.5 Å². The van der Waals surface area contributed by atoms with E-state index in [-0.39, 0.29) is 5.92 Å². The number of methoxy groups -OCH3 is 1. The Bertz CT molecular complexity index is 411. The quantitative estimate of drug-likeness (QED) is 0.908. The van der Waals surface area contributed by atoms with Gasteiger partial charge in [0, 0.05) is 4.47 Å². The number of carbonyl (C=O) groups is 1. The molecule has 0 heterocycles. The Morgan fingerprint density at radius 2 is 2.31 bits per heavy atom. The first-order valence-electron chi connectivity index (χ1n) is 5.20. The highest BCUT2D eigenvalue weighted by molar-refractivity contribution is 9.10. The van der Waals surface area contributed by atoms with Crippen LogP contribution in [0.2, 0.25) is 0 Å². The molecule has 0 fully saturated rings. The van der Waals surface area contributed by atoms with E-state index in [1.165, 1.54) is 5.56 Å². The van der Waals surface area contributed by atoms with Crippen molar-refractivity contribution in [2.24, 2.45) is 5.92 Å². The molecule has 0 spiro atoms. The Hall–Kier alpha value is -1.03. The van der Waals surface area contributed by atoms with Crippen LogP contribution >= 0.6 is 15.9 Å². The summed E-state index contributed by atoms with van der Waals surface area (Å²) in [5, 5.41) is 9.03. The minimum absolute atomic E-state index is 0.275. The number of aliphatic carboxylic acids is 1. The number of hydrogen-bond acceptors (Lipinski definition) is 2. The van der Waals surface area contributed by atoms with Gasteiger partial charge in [0.2, 0.25) is 0 Å². The lowest BCUT2D eigenvalue weighted by atomic mass is 9.83. The number of fused-ring (bicyclic) bond motifs is 1. The van der Waals surface area contributed by atoms with Gasteiger partial charge in [0.15, 0.2) is 0 Å². The summed E-state index contributed by atoms with van der Waals surface area (Å²) >= 11 is 3.43. The first-order valence-corrected chi connectivity index (χ1v) is 5.99. The molecule has 0 radical (unpaired) electrons. The van der Waals surface area contributed by atoms with Gasteiger partial charge in [-0.25, -0.2) is 0 Å². The van der Waals surface area contributed by atoms with Crippen LogP contribution in [-0.2, 0) is 17.6 Å². The summed E-state index contributed by atoms with van der Waals surface area (Å²) in [5.74, 6) is -0.200. The zero-order valence-corrected chi connectivity index (χ0v) is 10.6. The molecule has 3 nitrogen and oxygen atoms in total. The first-order chi connectivity index (χ1) is 7.61. The maximum absolute atomic E-state index is 11.0. The van der Waals surface area contributed by atoms with E-state index in [9.17, 15) is 4.79 Å². The summed E-state index contributed by atoms with van der Waals surface area (Å²) in [6.45, 7) is 0. The van der Waals surface area contributed by atoms with Gasteiger partial charge in [-0.15, -0.1) is 0 Å². The molecule has 0 saturated carbocycles. The normalized spacial score (nSPS) is 19.0. The number of aryl methyl sites for hydroxylation is 1. The molecule has 1 aliphatic rings. The highest BCUT2D eigenvalue weighted by Gasteiger charge is 2.26. The third-order valence-electron chi connectivity index (χ3n) is 3.05. The summed E-state index contributed by atoms with van der Waals surface area (Å²) < 4.78 is 6.28. The van der Waals surface area contributed by atoms with Gasteiger partial charge >= 0.3 is 5.97 Å². The molecule has 0 bridgehead atoms. The van der Waals surface area contributed by atoms with Crippen molar-refractivity contribution >= 4 is 21.9 Å². The van der Waals surface area contributed by atoms with Crippen molar-refractivity contribution in [3.05, 3.63) is 27.7 Å². The lowest BCUT2D eigenvalue weighted by Crippen LogP contribution is -2.22. The van der Waals surface area contributed by atoms with Crippen LogP contribution < -0.4 is 4.74 Å². The Labute approximate surface area is 103 Å². The van der Waals surface area contributed by atoms with Crippen molar-refractivity contribution in [2.75, 3.05) is 7.11 Å². The van der Waals surface area contributed by atoms with Gasteiger partial charge in [-0.3, -0.25) is 4.79 Å². The minimum Gasteiger partial charge on any atom is -0.496 e. The average molecular weight is 285 g/mol. The zero-order valence-electron chi connectivity index (χ0n) is 9.00. The van der Waals surface area contributed by atoms with Crippen LogP contribution in [-0.4, -0.2) is 18.2 Å². The minimum atomic E-state index is -0.712. The highest BCUT2D eigenvalue weighted by atomic mass is 79.9. The molecule has 0 aliphatic heterocycles. The monoisotopic (exact) mass is 284 g/mol. The van der Waals surface area contributed by atoms with Crippen LogP contribution in [0.15, 0.2) is 16.6 Å². The van der Waals surface area contributed by atoms with E-state index in [1.54, 1.807) is 7.11 Å². The molecule has 1 unspecified atom stereocenters. The smallest absolute Gasteiger partial charge is 0.306 e. The van der Waals surface area contributed by atoms with Gasteiger partial charge < -0.3 is 9.84 Å². The van der Waals surface area contributed by atoms with Crippen molar-refractivity contribution < 1.29 is 14.6 Å². The van der Waals surface area contributed by atoms with E-state index in [0.717, 1.165) is 22.2 Å². The summed E-state index contributed by atoms with van der Waals surface area (Å²) in [7, 11) is 1.62. The van der Waals surface area contributed by atoms with Crippen molar-refractivity contribution in [2.45, 2.75) is 19.3 Å². The van der Waals surface area contributed by atoms with E-state index in [1.807, 2.05) is 6.07 Å². The number of ether oxygens (including phenoxy) is 1. The molecule has 1 aliphatic carbocycles. The molecule has 0 aromatic heterocycles. The van der Waals surface area contributed by atoms with Crippen LogP contribution in [0.3, 0.4) is 0 Å². The second-order valence-electron chi connectivity index (χ2n) is 4.02. The molecule has 0 saturated heterocycles. The van der Waals surface area contributed by atoms with Gasteiger partial charge in [0.1, 0.15) is 5.75 Å². The van der Waals surface area contributed by atoms with Crippen molar-refractivity contribution in [3.63, 3.8) is 0 Å². The van der Waals surface area contributed by atoms with E-state index >= 15 is 0 Å². The fourth-order valence-corrected chi connectivity index (χ4v) is 2.68. The lowest BCUT2D eigenvalue weighted by molar-refractivity contribution is -0.142. The third kappa shape index (κ3) is 2.07. The molecular weight excluding hydrogens is 272 g/mol. The van der Waals surface area contributed by atoms with Crippen LogP contribution in [0.4, 0.5) is 0 Å². The van der Waals surface area contributed by atoms with Crippen LogP contribution in [0.5, 0.6) is 5.75 Å². The maximum atomic E-state index is 11.0. The Morgan fingerprint density at radius 3 is 2.94 bits per heavy atom. The maximum Gasteiger partial charge on any atom is 0.306 e. The van der Waals surface area contributed by atoms with Crippen molar-refractivity contribution in [3.8, 4) is 5.75 Å². The molecule has 0 amide bonds. The Morgan fingerprint density at radius 1 is 1.56 bits per heavy atom. The van der Waals surface area contributed by atoms with Gasteiger partial charge in [-0.1, -0.05) is 15.9 Å². The Balaban J connectivity index is 2.39. The molecule has 1 N–H and O–H groups in total. The molecule has 1 aromatic rings. The molecule has 1 aromatic carbocycles. The first kappa shape index (κ1) is 11.5. The van der Waals surface area contributed by atoms with E-state index < -0.39 is 5.97 Å². The molecule has 16 heavy (non-hydrogen) atoms. The summed E-state index contributed by atoms with van der Waals surface area (Å²) in [6, 6.07) is 3.94. The van der Waals surface area contributed by atoms with Crippen molar-refractivity contribution in [1.29, 1.82) is 0 Å². The standard InChI is InChI=1S/C12H13BrO3/c1-16-11-6-9(13)4-7-2-3-8(12(14)15)5-10(7)11/h4,6,8H,2-3,5H2,1H3,(H,14,15). The fourth-order valence-electron chi connectivity index (χ4n) is 2.19. The SMILES string of the molecule is COc1cc(Br)cc2c1CC(C(=O)O)CC2. The number of benzene rings is 1. The van der Waals surface area contributed by atoms with Gasteiger partial charge in [0.05, 0.1) is 13.0 Å². The number of carboxylic acids is 1. The van der Waals surface area contributed by atoms with E-state index in [0.29, 0.717) is 12.8 Å². The molecular formula is C12H13BrO3. The fraction of sp³-hybridized carbons (Fsp3) is 0.417. The van der Waals surface area contributed by atoms with Gasteiger partial charge in [0.25, 0.3) is 0 Å². The predicted molar refractivity (Wildman–Crippen MR) is 63.8 cm³/mol. The van der Waals surface area contributed by atoms with Crippen LogP contribution in [0.25, 0.3) is 0 Å². The predicted octanol–water partition coefficient (Wildman–Crippen LogP) is 2.65. The number of carboxylic acid groups (broad SMARTS) is 1. The summed E-state index contributed by atoms with van der Waals surface area (Å²) in [6.07, 6.45) is 2.09. The Kier molecular flexibility index (Phi) is 3.19. The number of halogens is 1. The molecule has 86 valence electrons. The molecule has 2 rings (SSSR count). The zero-order chi connectivity index (χ0) is 11.7. The van der Waals surface area contributed by atoms with Crippen LogP contribution in [0, 0.1) is 5.92 Å². The third-order valence-corrected chi connectivity index (χ3v) is 3.51. The second-order valence-corrected chi connectivity index (χ2v) is 4.94. The lowest BCUT2D eigenvalue weighted by Gasteiger charge is -2.23. The van der Waals surface area contributed by atoms with E-state index in [4.69, 9.17) is 9.84 Å². The summed E-state index contributed by atoms with van der Waals surface area (Å²) in [4.78, 5) is 11.0. The molecule has 4 heteroatoms.